The van der Waals surface area contributed by atoms with Crippen LogP contribution < -0.4 is 17.2 Å². The molecule has 0 radical (unpaired) electrons. The fourth-order valence-corrected chi connectivity index (χ4v) is 5.39. The Morgan fingerprint density at radius 1 is 0.667 bits per heavy atom. The van der Waals surface area contributed by atoms with E-state index in [-0.39, 0.29) is 5.96 Å². The first-order valence-electron chi connectivity index (χ1n) is 11.9. The van der Waals surface area contributed by atoms with Crippen LogP contribution >= 0.6 is 0 Å². The van der Waals surface area contributed by atoms with Crippen LogP contribution in [0.3, 0.4) is 0 Å². The van der Waals surface area contributed by atoms with Gasteiger partial charge < -0.3 is 17.2 Å². The third-order valence-electron chi connectivity index (χ3n) is 6.75. The van der Waals surface area contributed by atoms with Crippen LogP contribution in [0, 0.1) is 23.2 Å². The molecular weight excluding hydrogens is 332 g/mol. The molecule has 2 atom stereocenters. The Bertz CT molecular complexity index is 348. The molecule has 0 spiro atoms. The van der Waals surface area contributed by atoms with E-state index < -0.39 is 0 Å². The van der Waals surface area contributed by atoms with Crippen molar-refractivity contribution in [3.8, 4) is 0 Å². The molecule has 4 nitrogen and oxygen atoms in total. The van der Waals surface area contributed by atoms with Crippen molar-refractivity contribution in [1.29, 1.82) is 5.41 Å². The van der Waals surface area contributed by atoms with Gasteiger partial charge in [0.05, 0.1) is 0 Å². The fourth-order valence-electron chi connectivity index (χ4n) is 5.39. The summed E-state index contributed by atoms with van der Waals surface area (Å²) < 4.78 is 0. The Morgan fingerprint density at radius 3 is 1.74 bits per heavy atom. The van der Waals surface area contributed by atoms with E-state index in [2.05, 4.69) is 11.5 Å². The van der Waals surface area contributed by atoms with Gasteiger partial charge in [-0.2, -0.15) is 0 Å². The number of nitrogens with one attached hydrogen (secondary N) is 1. The van der Waals surface area contributed by atoms with Crippen molar-refractivity contribution in [2.75, 3.05) is 6.54 Å². The molecule has 7 N–H and O–H groups in total. The lowest BCUT2D eigenvalue weighted by molar-refractivity contribution is 0.120. The lowest BCUT2D eigenvalue weighted by atomic mass is 9.67. The highest BCUT2D eigenvalue weighted by Crippen LogP contribution is 2.43. The maximum absolute atomic E-state index is 6.06. The van der Waals surface area contributed by atoms with Crippen LogP contribution in [0.5, 0.6) is 0 Å². The van der Waals surface area contributed by atoms with Gasteiger partial charge in [0, 0.05) is 0 Å². The average molecular weight is 381 g/mol. The Kier molecular flexibility index (Phi) is 14.6. The second-order valence-corrected chi connectivity index (χ2v) is 8.97. The Morgan fingerprint density at radius 2 is 1.15 bits per heavy atom. The molecule has 2 fully saturated rings. The second kappa shape index (κ2) is 16.2. The summed E-state index contributed by atoms with van der Waals surface area (Å²) in [4.78, 5) is 0. The van der Waals surface area contributed by atoms with Crippen molar-refractivity contribution in [2.45, 2.75) is 116 Å². The molecule has 2 saturated carbocycles. The van der Waals surface area contributed by atoms with Crippen molar-refractivity contribution in [2.24, 2.45) is 35.0 Å². The van der Waals surface area contributed by atoms with E-state index in [1.165, 1.54) is 83.5 Å². The van der Waals surface area contributed by atoms with Gasteiger partial charge in [0.15, 0.2) is 5.96 Å². The van der Waals surface area contributed by atoms with E-state index >= 15 is 0 Å². The molecule has 0 amide bonds. The van der Waals surface area contributed by atoms with Crippen LogP contribution in [0.4, 0.5) is 0 Å². The average Bonchev–Trinajstić information content (AvgIpc) is 2.67. The lowest BCUT2D eigenvalue weighted by Crippen LogP contribution is -2.28. The van der Waals surface area contributed by atoms with Crippen LogP contribution in [0.1, 0.15) is 116 Å². The summed E-state index contributed by atoms with van der Waals surface area (Å²) in [5.74, 6) is 2.98. The highest BCUT2D eigenvalue weighted by atomic mass is 14.9. The first kappa shape index (κ1) is 24.3. The molecule has 2 rings (SSSR count). The van der Waals surface area contributed by atoms with Crippen LogP contribution in [0.15, 0.2) is 0 Å². The van der Waals surface area contributed by atoms with Crippen LogP contribution in [0.2, 0.25) is 0 Å². The third kappa shape index (κ3) is 12.3. The zero-order valence-electron chi connectivity index (χ0n) is 17.9. The van der Waals surface area contributed by atoms with Crippen LogP contribution in [0.25, 0.3) is 0 Å². The van der Waals surface area contributed by atoms with Crippen molar-refractivity contribution in [3.05, 3.63) is 0 Å². The summed E-state index contributed by atoms with van der Waals surface area (Å²) in [5, 5.41) is 6.06. The van der Waals surface area contributed by atoms with Gasteiger partial charge in [0.25, 0.3) is 0 Å². The van der Waals surface area contributed by atoms with Gasteiger partial charge in [-0.1, -0.05) is 103 Å². The number of unbranched alkanes of at least 4 members (excludes halogenated alkanes) is 7. The molecule has 2 unspecified atom stereocenters. The first-order valence-corrected chi connectivity index (χ1v) is 11.9. The smallest absolute Gasteiger partial charge is 0.183 e. The lowest BCUT2D eigenvalue weighted by Gasteiger charge is -2.39. The summed E-state index contributed by atoms with van der Waals surface area (Å²) >= 11 is 0. The second-order valence-electron chi connectivity index (χ2n) is 8.97. The van der Waals surface area contributed by atoms with Gasteiger partial charge in [0.2, 0.25) is 0 Å². The van der Waals surface area contributed by atoms with Crippen molar-refractivity contribution in [1.82, 2.24) is 0 Å². The minimum Gasteiger partial charge on any atom is -0.370 e. The summed E-state index contributed by atoms with van der Waals surface area (Å²) in [5.41, 5.74) is 14.5. The van der Waals surface area contributed by atoms with Gasteiger partial charge in [-0.3, -0.25) is 5.41 Å². The summed E-state index contributed by atoms with van der Waals surface area (Å²) in [6.07, 6.45) is 26.8. The summed E-state index contributed by atoms with van der Waals surface area (Å²) in [6, 6.07) is 0. The molecule has 0 saturated heterocycles. The molecule has 0 heterocycles. The molecular formula is C23H48N4. The van der Waals surface area contributed by atoms with Gasteiger partial charge in [0.1, 0.15) is 0 Å². The number of guanidine groups is 1. The number of rotatable bonds is 11. The molecule has 0 aromatic carbocycles. The SMILES string of the molecule is N=C(N)N.NCCCCCCCCCCC1CCCCC1C1CCCCC1. The van der Waals surface area contributed by atoms with E-state index in [1.807, 2.05) is 0 Å². The largest absolute Gasteiger partial charge is 0.370 e. The van der Waals surface area contributed by atoms with Gasteiger partial charge in [-0.05, 0) is 37.1 Å². The molecule has 27 heavy (non-hydrogen) atoms. The zero-order chi connectivity index (χ0) is 19.7. The summed E-state index contributed by atoms with van der Waals surface area (Å²) in [7, 11) is 0. The maximum atomic E-state index is 6.06. The van der Waals surface area contributed by atoms with E-state index in [4.69, 9.17) is 11.1 Å². The predicted molar refractivity (Wildman–Crippen MR) is 119 cm³/mol. The standard InChI is InChI=1S/C22H43N.CH5N3/c23-19-13-6-4-2-1-3-5-8-14-21-17-11-12-18-22(21)20-15-9-7-10-16-20;2-1(3)4/h20-22H,1-19,23H2;(H5,2,3,4). The zero-order valence-corrected chi connectivity index (χ0v) is 17.9. The molecule has 4 heteroatoms. The first-order chi connectivity index (χ1) is 13.1. The normalized spacial score (nSPS) is 23.4. The predicted octanol–water partition coefficient (Wildman–Crippen LogP) is 5.68. The molecule has 0 aliphatic heterocycles. The van der Waals surface area contributed by atoms with E-state index in [9.17, 15) is 0 Å². The highest BCUT2D eigenvalue weighted by molar-refractivity contribution is 5.71. The van der Waals surface area contributed by atoms with Gasteiger partial charge in [-0.25, -0.2) is 0 Å². The quantitative estimate of drug-likeness (QED) is 0.210. The maximum Gasteiger partial charge on any atom is 0.183 e. The Balaban J connectivity index is 0.000000828. The van der Waals surface area contributed by atoms with E-state index in [0.717, 1.165) is 24.3 Å². The fraction of sp³-hybridized carbons (Fsp3) is 0.957. The van der Waals surface area contributed by atoms with E-state index in [1.54, 1.807) is 32.1 Å². The van der Waals surface area contributed by atoms with Crippen molar-refractivity contribution >= 4 is 5.96 Å². The summed E-state index contributed by atoms with van der Waals surface area (Å²) in [6.45, 7) is 0.879. The number of nitrogens with two attached hydrogens (primary N) is 3. The minimum absolute atomic E-state index is 0.333. The van der Waals surface area contributed by atoms with Crippen LogP contribution in [-0.4, -0.2) is 12.5 Å². The number of hydrogen-bond acceptors (Lipinski definition) is 2. The molecule has 160 valence electrons. The van der Waals surface area contributed by atoms with Gasteiger partial charge in [-0.15, -0.1) is 0 Å². The highest BCUT2D eigenvalue weighted by Gasteiger charge is 2.31. The van der Waals surface area contributed by atoms with Crippen molar-refractivity contribution < 1.29 is 0 Å². The monoisotopic (exact) mass is 380 g/mol. The van der Waals surface area contributed by atoms with E-state index in [0.29, 0.717) is 0 Å². The molecule has 2 aliphatic carbocycles. The Labute approximate surface area is 168 Å². The molecule has 0 aromatic rings. The number of hydrogen-bond donors (Lipinski definition) is 4. The molecule has 0 aromatic heterocycles. The van der Waals surface area contributed by atoms with Gasteiger partial charge >= 0.3 is 0 Å². The Hall–Kier alpha value is -0.770. The third-order valence-corrected chi connectivity index (χ3v) is 6.75. The minimum atomic E-state index is -0.333. The molecule has 0 bridgehead atoms. The van der Waals surface area contributed by atoms with Crippen LogP contribution in [-0.2, 0) is 0 Å². The van der Waals surface area contributed by atoms with Crippen molar-refractivity contribution in [3.63, 3.8) is 0 Å². The molecule has 2 aliphatic rings. The topological polar surface area (TPSA) is 102 Å².